The first kappa shape index (κ1) is 24.6. The summed E-state index contributed by atoms with van der Waals surface area (Å²) in [6, 6.07) is 39.1. The van der Waals surface area contributed by atoms with E-state index >= 15 is 0 Å². The van der Waals surface area contributed by atoms with E-state index in [0.717, 1.165) is 54.6 Å². The van der Waals surface area contributed by atoms with E-state index in [0.29, 0.717) is 5.56 Å². The maximum Gasteiger partial charge on any atom is 0.204 e. The Kier molecular flexibility index (Phi) is 5.61. The average molecular weight is 532 g/mol. The summed E-state index contributed by atoms with van der Waals surface area (Å²) in [5, 5.41) is 48.4. The van der Waals surface area contributed by atoms with Gasteiger partial charge in [0.1, 0.15) is 7.85 Å². The Bertz CT molecular complexity index is 2070. The van der Waals surface area contributed by atoms with Crippen LogP contribution in [0, 0.1) is 0 Å². The Morgan fingerprint density at radius 1 is 0.341 bits per heavy atom. The van der Waals surface area contributed by atoms with Crippen molar-refractivity contribution in [3.05, 3.63) is 115 Å². The van der Waals surface area contributed by atoms with Crippen molar-refractivity contribution in [3.63, 3.8) is 0 Å². The fraction of sp³-hybridized carbons (Fsp3) is 0. The predicted octanol–water partition coefficient (Wildman–Crippen LogP) is 7.23. The number of benzene rings is 7. The molecule has 7 aromatic carbocycles. The van der Waals surface area contributed by atoms with Crippen molar-refractivity contribution in [3.8, 4) is 56.4 Å². The van der Waals surface area contributed by atoms with Crippen LogP contribution in [0.3, 0.4) is 0 Å². The molecule has 0 fully saturated rings. The third-order valence-electron chi connectivity index (χ3n) is 8.10. The van der Waals surface area contributed by atoms with Crippen LogP contribution in [0.15, 0.2) is 115 Å². The van der Waals surface area contributed by atoms with Gasteiger partial charge in [-0.25, -0.2) is 0 Å². The van der Waals surface area contributed by atoms with Crippen molar-refractivity contribution in [1.29, 1.82) is 0 Å². The van der Waals surface area contributed by atoms with Crippen LogP contribution < -0.4 is 5.46 Å². The number of phenols is 4. The van der Waals surface area contributed by atoms with E-state index in [2.05, 4.69) is 60.7 Å². The van der Waals surface area contributed by atoms with Crippen molar-refractivity contribution in [2.24, 2.45) is 0 Å². The highest BCUT2D eigenvalue weighted by molar-refractivity contribution is 6.41. The molecule has 0 aliphatic heterocycles. The largest absolute Gasteiger partial charge is 0.505 e. The second kappa shape index (κ2) is 9.35. The fourth-order valence-electron chi connectivity index (χ4n) is 6.20. The number of phenolic OH excluding ortho intramolecular Hbond substituents is 4. The molecule has 0 atom stereocenters. The molecule has 0 aromatic heterocycles. The standard InChI is InChI=1S/C36H25BO4/c37-32-31(33(38)35(40)36(41)34(32)39)30-26-16-8-6-14-24(26)29(25-15-7-9-17-27(25)30)28-19-18-21(20-10-2-1-3-11-20)22-12-4-5-13-23(22)28/h1-19,38-41H,37H2. The van der Waals surface area contributed by atoms with Gasteiger partial charge in [-0.2, -0.15) is 0 Å². The molecule has 0 radical (unpaired) electrons. The zero-order valence-electron chi connectivity index (χ0n) is 22.3. The van der Waals surface area contributed by atoms with Crippen LogP contribution in [0.4, 0.5) is 0 Å². The van der Waals surface area contributed by atoms with Crippen LogP contribution in [-0.4, -0.2) is 28.3 Å². The summed E-state index contributed by atoms with van der Waals surface area (Å²) < 4.78 is 0. The molecule has 7 aromatic rings. The fourth-order valence-corrected chi connectivity index (χ4v) is 6.20. The second-order valence-corrected chi connectivity index (χ2v) is 10.3. The Hall–Kier alpha value is -5.42. The first-order valence-corrected chi connectivity index (χ1v) is 13.4. The Morgan fingerprint density at radius 3 is 1.32 bits per heavy atom. The van der Waals surface area contributed by atoms with Gasteiger partial charge in [-0.1, -0.05) is 115 Å². The van der Waals surface area contributed by atoms with Gasteiger partial charge in [-0.15, -0.1) is 0 Å². The molecule has 4 nitrogen and oxygen atoms in total. The highest BCUT2D eigenvalue weighted by Gasteiger charge is 2.26. The third kappa shape index (κ3) is 3.63. The molecule has 4 N–H and O–H groups in total. The summed E-state index contributed by atoms with van der Waals surface area (Å²) >= 11 is 0. The molecular weight excluding hydrogens is 507 g/mol. The van der Waals surface area contributed by atoms with Crippen molar-refractivity contribution < 1.29 is 20.4 Å². The predicted molar refractivity (Wildman–Crippen MR) is 170 cm³/mol. The summed E-state index contributed by atoms with van der Waals surface area (Å²) in [7, 11) is 1.62. The van der Waals surface area contributed by atoms with Crippen LogP contribution in [-0.2, 0) is 0 Å². The first-order chi connectivity index (χ1) is 20.0. The van der Waals surface area contributed by atoms with E-state index in [4.69, 9.17) is 0 Å². The van der Waals surface area contributed by atoms with Gasteiger partial charge in [0.2, 0.25) is 11.5 Å². The molecule has 5 heteroatoms. The summed E-state index contributed by atoms with van der Waals surface area (Å²) in [6.45, 7) is 0. The van der Waals surface area contributed by atoms with Gasteiger partial charge in [-0.05, 0) is 60.0 Å². The molecule has 7 rings (SSSR count). The average Bonchev–Trinajstić information content (AvgIpc) is 3.02. The summed E-state index contributed by atoms with van der Waals surface area (Å²) in [6.07, 6.45) is 0. The number of hydrogen-bond donors (Lipinski definition) is 4. The van der Waals surface area contributed by atoms with Crippen molar-refractivity contribution >= 4 is 45.6 Å². The van der Waals surface area contributed by atoms with Crippen LogP contribution in [0.25, 0.3) is 65.7 Å². The lowest BCUT2D eigenvalue weighted by atomic mass is 9.79. The van der Waals surface area contributed by atoms with Crippen molar-refractivity contribution in [1.82, 2.24) is 0 Å². The highest BCUT2D eigenvalue weighted by atomic mass is 16.3. The van der Waals surface area contributed by atoms with E-state index in [-0.39, 0.29) is 11.0 Å². The first-order valence-electron chi connectivity index (χ1n) is 13.4. The molecule has 41 heavy (non-hydrogen) atoms. The zero-order valence-corrected chi connectivity index (χ0v) is 22.3. The van der Waals surface area contributed by atoms with Gasteiger partial charge in [0.25, 0.3) is 0 Å². The number of aromatic hydroxyl groups is 4. The van der Waals surface area contributed by atoms with Gasteiger partial charge < -0.3 is 20.4 Å². The highest BCUT2D eigenvalue weighted by Crippen LogP contribution is 2.51. The smallest absolute Gasteiger partial charge is 0.204 e. The Labute approximate surface area is 237 Å². The number of hydrogen-bond acceptors (Lipinski definition) is 4. The van der Waals surface area contributed by atoms with E-state index in [9.17, 15) is 20.4 Å². The van der Waals surface area contributed by atoms with Gasteiger partial charge in [0.05, 0.1) is 0 Å². The Balaban J connectivity index is 1.64. The molecule has 0 aliphatic rings. The Morgan fingerprint density at radius 2 is 0.756 bits per heavy atom. The van der Waals surface area contributed by atoms with Crippen molar-refractivity contribution in [2.75, 3.05) is 0 Å². The van der Waals surface area contributed by atoms with Crippen LogP contribution in [0.2, 0.25) is 0 Å². The maximum absolute atomic E-state index is 11.1. The molecule has 0 aliphatic carbocycles. The van der Waals surface area contributed by atoms with Crippen molar-refractivity contribution in [2.45, 2.75) is 0 Å². The van der Waals surface area contributed by atoms with E-state index in [1.807, 2.05) is 54.6 Å². The topological polar surface area (TPSA) is 80.9 Å². The summed E-state index contributed by atoms with van der Waals surface area (Å²) in [5.74, 6) is -2.42. The van der Waals surface area contributed by atoms with Crippen LogP contribution >= 0.6 is 0 Å². The lowest BCUT2D eigenvalue weighted by Crippen LogP contribution is -2.09. The molecule has 0 amide bonds. The summed E-state index contributed by atoms with van der Waals surface area (Å²) in [5.41, 5.74) is 5.67. The van der Waals surface area contributed by atoms with Gasteiger partial charge in [-0.3, -0.25) is 0 Å². The minimum atomic E-state index is -0.747. The minimum absolute atomic E-state index is 0.276. The second-order valence-electron chi connectivity index (χ2n) is 10.3. The van der Waals surface area contributed by atoms with Gasteiger partial charge in [0, 0.05) is 11.1 Å². The van der Waals surface area contributed by atoms with Gasteiger partial charge >= 0.3 is 0 Å². The van der Waals surface area contributed by atoms with E-state index in [1.165, 1.54) is 0 Å². The third-order valence-corrected chi connectivity index (χ3v) is 8.10. The quantitative estimate of drug-likeness (QED) is 0.0838. The number of fused-ring (bicyclic) bond motifs is 3. The molecule has 0 spiro atoms. The molecule has 196 valence electrons. The molecule has 0 saturated carbocycles. The molecule has 0 bridgehead atoms. The van der Waals surface area contributed by atoms with Crippen LogP contribution in [0.5, 0.6) is 23.0 Å². The molecule has 0 unspecified atom stereocenters. The zero-order chi connectivity index (χ0) is 28.2. The molecular formula is C36H25BO4. The minimum Gasteiger partial charge on any atom is -0.505 e. The van der Waals surface area contributed by atoms with Gasteiger partial charge in [0.15, 0.2) is 11.5 Å². The normalized spacial score (nSPS) is 11.4. The number of rotatable bonds is 3. The molecule has 0 heterocycles. The molecule has 0 saturated heterocycles. The SMILES string of the molecule is Bc1c(O)c(O)c(O)c(O)c1-c1c2ccccc2c(-c2ccc(-c3ccccc3)c3ccccc23)c2ccccc12. The van der Waals surface area contributed by atoms with E-state index < -0.39 is 23.0 Å². The summed E-state index contributed by atoms with van der Waals surface area (Å²) in [4.78, 5) is 0. The maximum atomic E-state index is 11.1. The lowest BCUT2D eigenvalue weighted by Gasteiger charge is -2.21. The van der Waals surface area contributed by atoms with Crippen LogP contribution in [0.1, 0.15) is 0 Å². The van der Waals surface area contributed by atoms with E-state index in [1.54, 1.807) is 7.85 Å². The monoisotopic (exact) mass is 532 g/mol. The lowest BCUT2D eigenvalue weighted by molar-refractivity contribution is 0.348.